The number of fused-ring (bicyclic) bond motifs is 1. The van der Waals surface area contributed by atoms with Gasteiger partial charge >= 0.3 is 0 Å². The van der Waals surface area contributed by atoms with E-state index in [1.54, 1.807) is 6.92 Å². The molecule has 0 aliphatic rings. The Morgan fingerprint density at radius 3 is 1.67 bits per heavy atom. The second-order valence-corrected chi connectivity index (χ2v) is 7.06. The van der Waals surface area contributed by atoms with Crippen molar-refractivity contribution in [1.29, 1.82) is 0 Å². The molecular weight excluding hydrogens is 396 g/mol. The van der Waals surface area contributed by atoms with Crippen LogP contribution in [0.15, 0.2) is 47.4 Å². The van der Waals surface area contributed by atoms with Gasteiger partial charge in [-0.3, -0.25) is 0 Å². The number of hydrogen-bond acceptors (Lipinski definition) is 5. The van der Waals surface area contributed by atoms with Crippen molar-refractivity contribution >= 4 is 22.8 Å². The molecule has 0 bridgehead atoms. The average molecular weight is 433 g/mol. The van der Waals surface area contributed by atoms with Gasteiger partial charge in [-0.2, -0.15) is 0 Å². The van der Waals surface area contributed by atoms with E-state index >= 15 is 0 Å². The molecule has 0 fully saturated rings. The molecular formula is C25H36O4S. The van der Waals surface area contributed by atoms with Crippen molar-refractivity contribution < 1.29 is 19.7 Å². The van der Waals surface area contributed by atoms with E-state index < -0.39 is 0 Å². The molecule has 166 valence electrons. The summed E-state index contributed by atoms with van der Waals surface area (Å²) < 4.78 is 4.37. The van der Waals surface area contributed by atoms with Crippen LogP contribution in [0, 0.1) is 34.6 Å². The molecule has 3 rings (SSSR count). The lowest BCUT2D eigenvalue weighted by Crippen LogP contribution is -1.86. The van der Waals surface area contributed by atoms with E-state index in [9.17, 15) is 5.11 Å². The average Bonchev–Trinajstić information content (AvgIpc) is 2.77. The van der Waals surface area contributed by atoms with Gasteiger partial charge in [0.15, 0.2) is 0 Å². The van der Waals surface area contributed by atoms with Crippen molar-refractivity contribution in [3.63, 3.8) is 0 Å². The van der Waals surface area contributed by atoms with Gasteiger partial charge in [-0.25, -0.2) is 5.26 Å². The van der Waals surface area contributed by atoms with Crippen LogP contribution in [0.2, 0.25) is 0 Å². The fraction of sp³-hybridized carbons (Fsp3) is 0.360. The molecule has 30 heavy (non-hydrogen) atoms. The summed E-state index contributed by atoms with van der Waals surface area (Å²) in [7, 11) is 0. The summed E-state index contributed by atoms with van der Waals surface area (Å²) in [5.74, 6) is 0.210. The van der Waals surface area contributed by atoms with Crippen LogP contribution in [-0.2, 0) is 9.37 Å². The van der Waals surface area contributed by atoms with Crippen LogP contribution in [0.5, 0.6) is 5.75 Å². The lowest BCUT2D eigenvalue weighted by Gasteiger charge is -2.08. The zero-order chi connectivity index (χ0) is 23.3. The second kappa shape index (κ2) is 14.9. The molecule has 0 aliphatic heterocycles. The fourth-order valence-corrected chi connectivity index (χ4v) is 3.15. The zero-order valence-corrected chi connectivity index (χ0v) is 20.5. The molecule has 0 saturated carbocycles. The third kappa shape index (κ3) is 8.00. The van der Waals surface area contributed by atoms with Gasteiger partial charge in [0.2, 0.25) is 0 Å². The number of rotatable bonds is 3. The van der Waals surface area contributed by atoms with Crippen molar-refractivity contribution in [3.8, 4) is 5.75 Å². The highest BCUT2D eigenvalue weighted by Crippen LogP contribution is 2.36. The number of aryl methyl sites for hydroxylation is 4. The molecule has 3 aromatic rings. The number of benzene rings is 3. The predicted molar refractivity (Wildman–Crippen MR) is 129 cm³/mol. The molecule has 0 aliphatic carbocycles. The first-order valence-electron chi connectivity index (χ1n) is 10.3. The summed E-state index contributed by atoms with van der Waals surface area (Å²) in [5, 5.41) is 23.3. The Balaban J connectivity index is 0.000000518. The van der Waals surface area contributed by atoms with Crippen molar-refractivity contribution in [2.45, 2.75) is 67.2 Å². The number of phenolic OH excluding ortho intramolecular Hbond substituents is 1. The number of hydrogen-bond donors (Lipinski definition) is 2. The van der Waals surface area contributed by atoms with Gasteiger partial charge in [0, 0.05) is 15.8 Å². The normalized spacial score (nSPS) is 9.53. The first kappa shape index (κ1) is 27.9. The van der Waals surface area contributed by atoms with Gasteiger partial charge in [-0.15, -0.1) is 4.33 Å². The van der Waals surface area contributed by atoms with Crippen LogP contribution in [-0.4, -0.2) is 10.4 Å². The molecule has 0 amide bonds. The van der Waals surface area contributed by atoms with Crippen LogP contribution < -0.4 is 0 Å². The largest absolute Gasteiger partial charge is 0.507 e. The number of aromatic hydroxyl groups is 1. The SMILES string of the molecule is CC.CC.Cc1c(SOOO)cc2ccccc2c1O.Cc1cc(C)c(C)cc1C. The minimum atomic E-state index is 0.210. The molecule has 3 aromatic carbocycles. The maximum absolute atomic E-state index is 9.97. The molecule has 0 radical (unpaired) electrons. The van der Waals surface area contributed by atoms with E-state index in [0.29, 0.717) is 10.5 Å². The lowest BCUT2D eigenvalue weighted by atomic mass is 10.0. The van der Waals surface area contributed by atoms with Gasteiger partial charge in [-0.05, 0) is 68.3 Å². The monoisotopic (exact) mass is 432 g/mol. The van der Waals surface area contributed by atoms with Crippen LogP contribution in [0.25, 0.3) is 10.8 Å². The Morgan fingerprint density at radius 1 is 0.733 bits per heavy atom. The number of phenols is 1. The van der Waals surface area contributed by atoms with E-state index in [1.807, 2.05) is 58.0 Å². The molecule has 2 N–H and O–H groups in total. The maximum Gasteiger partial charge on any atom is 0.127 e. The van der Waals surface area contributed by atoms with E-state index in [-0.39, 0.29) is 5.75 Å². The standard InChI is InChI=1S/C11H10O4S.C10H14.2C2H6/c1-7-10(16-15-14-13)6-8-4-2-3-5-9(8)11(7)12;1-7-5-9(3)10(4)6-8(7)2;2*1-2/h2-6,12-13H,1H3;5-6H,1-4H3;2*1-2H3. The third-order valence-corrected chi connectivity index (χ3v) is 5.22. The molecule has 0 heterocycles. The lowest BCUT2D eigenvalue weighted by molar-refractivity contribution is -0.432. The van der Waals surface area contributed by atoms with Gasteiger partial charge in [0.05, 0.1) is 12.0 Å². The molecule has 4 nitrogen and oxygen atoms in total. The minimum Gasteiger partial charge on any atom is -0.507 e. The van der Waals surface area contributed by atoms with Crippen LogP contribution in [0.4, 0.5) is 0 Å². The second-order valence-electron chi connectivity index (χ2n) is 6.32. The molecule has 5 heteroatoms. The summed E-state index contributed by atoms with van der Waals surface area (Å²) >= 11 is 0.844. The summed E-state index contributed by atoms with van der Waals surface area (Å²) in [6.07, 6.45) is 0. The highest BCUT2D eigenvalue weighted by atomic mass is 32.2. The van der Waals surface area contributed by atoms with Gasteiger partial charge < -0.3 is 5.11 Å². The maximum atomic E-state index is 9.97. The summed E-state index contributed by atoms with van der Waals surface area (Å²) in [5.41, 5.74) is 6.25. The van der Waals surface area contributed by atoms with Crippen molar-refractivity contribution in [3.05, 3.63) is 70.3 Å². The Hall–Kier alpha value is -2.05. The van der Waals surface area contributed by atoms with Crippen molar-refractivity contribution in [2.75, 3.05) is 0 Å². The molecule has 0 unspecified atom stereocenters. The van der Waals surface area contributed by atoms with E-state index in [2.05, 4.69) is 49.2 Å². The van der Waals surface area contributed by atoms with Gasteiger partial charge in [0.1, 0.15) is 5.75 Å². The van der Waals surface area contributed by atoms with E-state index in [4.69, 9.17) is 5.26 Å². The summed E-state index contributed by atoms with van der Waals surface area (Å²) in [6, 6.07) is 13.8. The molecule has 0 saturated heterocycles. The Kier molecular flexibility index (Phi) is 13.8. The van der Waals surface area contributed by atoms with Crippen LogP contribution in [0.1, 0.15) is 55.5 Å². The van der Waals surface area contributed by atoms with E-state index in [0.717, 1.165) is 22.8 Å². The van der Waals surface area contributed by atoms with E-state index in [1.165, 1.54) is 22.3 Å². The Morgan fingerprint density at radius 2 is 1.20 bits per heavy atom. The molecule has 0 atom stereocenters. The molecule has 0 aromatic heterocycles. The minimum absolute atomic E-state index is 0.210. The highest BCUT2D eigenvalue weighted by Gasteiger charge is 2.10. The summed E-state index contributed by atoms with van der Waals surface area (Å²) in [6.45, 7) is 18.4. The Bertz CT molecular complexity index is 857. The predicted octanol–water partition coefficient (Wildman–Crippen LogP) is 8.25. The van der Waals surface area contributed by atoms with Crippen LogP contribution >= 0.6 is 12.0 Å². The first-order valence-corrected chi connectivity index (χ1v) is 11.0. The van der Waals surface area contributed by atoms with Gasteiger partial charge in [0.25, 0.3) is 0 Å². The highest BCUT2D eigenvalue weighted by molar-refractivity contribution is 7.94. The van der Waals surface area contributed by atoms with Crippen LogP contribution in [0.3, 0.4) is 0 Å². The third-order valence-electron chi connectivity index (χ3n) is 4.49. The molecule has 0 spiro atoms. The Labute approximate surface area is 185 Å². The first-order chi connectivity index (χ1) is 14.3. The van der Waals surface area contributed by atoms with Crippen molar-refractivity contribution in [2.24, 2.45) is 0 Å². The zero-order valence-electron chi connectivity index (χ0n) is 19.7. The summed E-state index contributed by atoms with van der Waals surface area (Å²) in [4.78, 5) is 0.685. The fourth-order valence-electron chi connectivity index (χ4n) is 2.65. The quantitative estimate of drug-likeness (QED) is 0.248. The van der Waals surface area contributed by atoms with Gasteiger partial charge in [-0.1, -0.05) is 69.1 Å². The smallest absolute Gasteiger partial charge is 0.127 e. The topological polar surface area (TPSA) is 58.9 Å². The van der Waals surface area contributed by atoms with Crippen molar-refractivity contribution in [1.82, 2.24) is 0 Å².